The normalized spacial score (nSPS) is 12.0. The largest absolute Gasteiger partial charge is 0.441 e. The number of ether oxygens (including phenoxy) is 1. The Kier molecular flexibility index (Phi) is 5.46. The third-order valence-electron chi connectivity index (χ3n) is 3.96. The first-order valence-corrected chi connectivity index (χ1v) is 9.76. The number of amides is 1. The number of rotatable bonds is 3. The summed E-state index contributed by atoms with van der Waals surface area (Å²) in [6.45, 7) is 1.77. The van der Waals surface area contributed by atoms with Crippen molar-refractivity contribution in [2.24, 2.45) is 12.0 Å². The molecule has 0 aliphatic carbocycles. The van der Waals surface area contributed by atoms with Gasteiger partial charge in [0.2, 0.25) is 0 Å². The van der Waals surface area contributed by atoms with Crippen molar-refractivity contribution in [3.63, 3.8) is 0 Å². The van der Waals surface area contributed by atoms with E-state index >= 15 is 0 Å². The van der Waals surface area contributed by atoms with E-state index in [4.69, 9.17) is 4.74 Å². The van der Waals surface area contributed by atoms with Crippen LogP contribution >= 0.6 is 0 Å². The maximum Gasteiger partial charge on any atom is 0.441 e. The van der Waals surface area contributed by atoms with E-state index in [1.165, 1.54) is 24.3 Å². The zero-order valence-corrected chi connectivity index (χ0v) is 16.3. The van der Waals surface area contributed by atoms with E-state index in [9.17, 15) is 22.4 Å². The van der Waals surface area contributed by atoms with Crippen LogP contribution in [0.1, 0.15) is 5.56 Å². The molecule has 8 nitrogen and oxygen atoms in total. The lowest BCUT2D eigenvalue weighted by molar-refractivity contribution is 0.209. The summed E-state index contributed by atoms with van der Waals surface area (Å²) in [4.78, 5) is 27.7. The highest BCUT2D eigenvalue weighted by molar-refractivity contribution is 7.90. The van der Waals surface area contributed by atoms with Crippen LogP contribution in [0.25, 0.3) is 0 Å². The number of carbonyl (C=O) groups excluding carboxylic acids is 1. The second-order valence-corrected chi connectivity index (χ2v) is 7.86. The Morgan fingerprint density at radius 1 is 1.07 bits per heavy atom. The first kappa shape index (κ1) is 20.2. The summed E-state index contributed by atoms with van der Waals surface area (Å²) in [5, 5.41) is 0. The number of para-hydroxylation sites is 1. The van der Waals surface area contributed by atoms with Gasteiger partial charge in [-0.3, -0.25) is 4.57 Å². The van der Waals surface area contributed by atoms with Crippen LogP contribution < -0.4 is 15.9 Å². The molecule has 29 heavy (non-hydrogen) atoms. The standard InChI is InChI=1S/C19H16FN3O5S/c1-13-8-10-15(11-9-13)29(26,27)23-12-16(20)17(22(2)19(23)25)21-18(24)28-14-6-4-3-5-7-14/h3-12H,1-2H3/b21-17+. The second-order valence-electron chi connectivity index (χ2n) is 6.05. The van der Waals surface area contributed by atoms with Crippen molar-refractivity contribution in [3.8, 4) is 5.75 Å². The topological polar surface area (TPSA) is 99.7 Å². The van der Waals surface area contributed by atoms with Crippen molar-refractivity contribution in [2.75, 3.05) is 0 Å². The van der Waals surface area contributed by atoms with E-state index in [0.29, 0.717) is 10.8 Å². The molecule has 3 aromatic rings. The van der Waals surface area contributed by atoms with Crippen molar-refractivity contribution in [2.45, 2.75) is 11.8 Å². The zero-order chi connectivity index (χ0) is 21.2. The summed E-state index contributed by atoms with van der Waals surface area (Å²) in [5.74, 6) is -1.01. The fraction of sp³-hybridized carbons (Fsp3) is 0.105. The highest BCUT2D eigenvalue weighted by atomic mass is 32.2. The molecule has 0 aliphatic heterocycles. The van der Waals surface area contributed by atoms with Gasteiger partial charge in [0.1, 0.15) is 5.75 Å². The van der Waals surface area contributed by atoms with E-state index < -0.39 is 33.1 Å². The number of aryl methyl sites for hydroxylation is 1. The van der Waals surface area contributed by atoms with Crippen LogP contribution in [0.15, 0.2) is 75.5 Å². The Hall–Kier alpha value is -3.53. The van der Waals surface area contributed by atoms with Gasteiger partial charge in [0, 0.05) is 7.05 Å². The number of benzene rings is 2. The highest BCUT2D eigenvalue weighted by Gasteiger charge is 2.21. The molecule has 0 bridgehead atoms. The number of carbonyl (C=O) groups is 1. The van der Waals surface area contributed by atoms with Gasteiger partial charge in [-0.25, -0.2) is 22.4 Å². The molecule has 10 heteroatoms. The predicted molar refractivity (Wildman–Crippen MR) is 101 cm³/mol. The maximum absolute atomic E-state index is 14.6. The van der Waals surface area contributed by atoms with Gasteiger partial charge in [-0.15, -0.1) is 0 Å². The number of hydrogen-bond donors (Lipinski definition) is 0. The summed E-state index contributed by atoms with van der Waals surface area (Å²) in [6, 6.07) is 13.7. The van der Waals surface area contributed by atoms with Crippen LogP contribution in [-0.2, 0) is 17.1 Å². The SMILES string of the molecule is Cc1ccc(S(=O)(=O)n2cc(F)/c(=N\C(=O)Oc3ccccc3)n(C)c2=O)cc1. The van der Waals surface area contributed by atoms with Crippen LogP contribution in [0, 0.1) is 12.7 Å². The molecule has 2 aromatic carbocycles. The second kappa shape index (κ2) is 7.84. The third-order valence-corrected chi connectivity index (χ3v) is 5.61. The minimum Gasteiger partial charge on any atom is -0.409 e. The molecule has 150 valence electrons. The van der Waals surface area contributed by atoms with Gasteiger partial charge in [0.05, 0.1) is 11.1 Å². The average molecular weight is 417 g/mol. The fourth-order valence-electron chi connectivity index (χ4n) is 2.44. The van der Waals surface area contributed by atoms with E-state index in [0.717, 1.165) is 12.6 Å². The van der Waals surface area contributed by atoms with Crippen LogP contribution in [0.4, 0.5) is 9.18 Å². The minimum absolute atomic E-state index is 0.180. The third kappa shape index (κ3) is 4.16. The van der Waals surface area contributed by atoms with Crippen molar-refractivity contribution in [3.05, 3.63) is 88.1 Å². The summed E-state index contributed by atoms with van der Waals surface area (Å²) in [5.41, 5.74) is -0.941. The monoisotopic (exact) mass is 417 g/mol. The molecule has 3 rings (SSSR count). The molecule has 0 atom stereocenters. The molecule has 1 aromatic heterocycles. The van der Waals surface area contributed by atoms with Gasteiger partial charge in [-0.1, -0.05) is 35.9 Å². The molecule has 0 N–H and O–H groups in total. The molecule has 1 heterocycles. The van der Waals surface area contributed by atoms with Gasteiger partial charge in [0.25, 0.3) is 10.0 Å². The fourth-order valence-corrected chi connectivity index (χ4v) is 3.70. The van der Waals surface area contributed by atoms with E-state index in [1.54, 1.807) is 37.3 Å². The first-order chi connectivity index (χ1) is 13.7. The highest BCUT2D eigenvalue weighted by Crippen LogP contribution is 2.13. The molecule has 0 saturated heterocycles. The van der Waals surface area contributed by atoms with Crippen LogP contribution in [0.2, 0.25) is 0 Å². The molecule has 0 aliphatic rings. The lowest BCUT2D eigenvalue weighted by Crippen LogP contribution is -2.43. The Morgan fingerprint density at radius 3 is 2.31 bits per heavy atom. The lowest BCUT2D eigenvalue weighted by Gasteiger charge is -2.10. The van der Waals surface area contributed by atoms with Crippen LogP contribution in [0.3, 0.4) is 0 Å². The molecular formula is C19H16FN3O5S. The van der Waals surface area contributed by atoms with Gasteiger partial charge < -0.3 is 4.74 Å². The maximum atomic E-state index is 14.6. The molecule has 0 saturated carbocycles. The van der Waals surface area contributed by atoms with E-state index in [2.05, 4.69) is 4.99 Å². The molecule has 0 unspecified atom stereocenters. The summed E-state index contributed by atoms with van der Waals surface area (Å²) in [6.07, 6.45) is -0.684. The minimum atomic E-state index is -4.34. The Morgan fingerprint density at radius 2 is 1.69 bits per heavy atom. The zero-order valence-electron chi connectivity index (χ0n) is 15.4. The molecule has 1 amide bonds. The van der Waals surface area contributed by atoms with Gasteiger partial charge in [0.15, 0.2) is 11.3 Å². The van der Waals surface area contributed by atoms with Crippen LogP contribution in [-0.4, -0.2) is 23.1 Å². The number of aromatic nitrogens is 2. The van der Waals surface area contributed by atoms with Crippen molar-refractivity contribution >= 4 is 16.1 Å². The van der Waals surface area contributed by atoms with Crippen molar-refractivity contribution in [1.82, 2.24) is 8.54 Å². The van der Waals surface area contributed by atoms with E-state index in [1.807, 2.05) is 0 Å². The van der Waals surface area contributed by atoms with Gasteiger partial charge in [-0.2, -0.15) is 8.96 Å². The van der Waals surface area contributed by atoms with Crippen molar-refractivity contribution < 1.29 is 22.3 Å². The molecule has 0 radical (unpaired) electrons. The van der Waals surface area contributed by atoms with Crippen molar-refractivity contribution in [1.29, 1.82) is 0 Å². The van der Waals surface area contributed by atoms with Gasteiger partial charge >= 0.3 is 11.8 Å². The Bertz CT molecular complexity index is 1290. The Balaban J connectivity index is 2.06. The lowest BCUT2D eigenvalue weighted by atomic mass is 10.2. The average Bonchev–Trinajstić information content (AvgIpc) is 2.69. The predicted octanol–water partition coefficient (Wildman–Crippen LogP) is 1.97. The number of halogens is 1. The number of nitrogens with zero attached hydrogens (tertiary/aromatic N) is 3. The molecular weight excluding hydrogens is 401 g/mol. The molecule has 0 spiro atoms. The first-order valence-electron chi connectivity index (χ1n) is 8.32. The van der Waals surface area contributed by atoms with E-state index in [-0.39, 0.29) is 14.6 Å². The quantitative estimate of drug-likeness (QED) is 0.649. The van der Waals surface area contributed by atoms with Crippen LogP contribution in [0.5, 0.6) is 5.75 Å². The summed E-state index contributed by atoms with van der Waals surface area (Å²) in [7, 11) is -3.24. The summed E-state index contributed by atoms with van der Waals surface area (Å²) >= 11 is 0. The Labute approximate surface area is 165 Å². The van der Waals surface area contributed by atoms with Gasteiger partial charge in [-0.05, 0) is 31.2 Å². The smallest absolute Gasteiger partial charge is 0.409 e. The molecule has 0 fully saturated rings. The number of hydrogen-bond acceptors (Lipinski definition) is 5. The summed E-state index contributed by atoms with van der Waals surface area (Å²) < 4.78 is 45.8.